The standard InChI is InChI=1S/C24H26Cl2Si.C17H20Cl2Si.C16H18Cl2Si.C15H16Cl2OSi.C14H22Cl2Si.C11H24Cl2Si/c1-3-4-5-6-19-7-9-20(10-8-19)21-11-13-22(14-12-21)23-15-17-24(18-16-23)27(2,25)26;1-3-4-5-14-6-8-15(9-7-14)16-10-12-17(13-11-16)20(2,18)19;1-3-4-13-5-7-14(8-6-13)15-9-11-16(12-10-15)19(2,17)18;1-3-18-14-8-4-12(5-9-14)13-6-10-15(11-7-13)19(2,16)17;1-3-4-5-6-7-8-13-9-11-14(12-10-13)17(2,15)16;1-3-4-5-6-7-8-9-10-11-14(2,12)13/h7-18H,3-6H2,1-2H3;6-13H,3-5H2,1-2H3;5-12H,3-4H2,1-2H3;4-11H,3H2,1-2H3;9-12H,3-8H2,1-2H3;3-11H2,1-2H3. The van der Waals surface area contributed by atoms with Crippen molar-refractivity contribution in [2.75, 3.05) is 6.61 Å². The summed E-state index contributed by atoms with van der Waals surface area (Å²) in [6.07, 6.45) is 29.7. The van der Waals surface area contributed by atoms with E-state index < -0.39 is 40.2 Å². The van der Waals surface area contributed by atoms with Gasteiger partial charge >= 0.3 is 0 Å². The van der Waals surface area contributed by atoms with E-state index in [1.54, 1.807) is 0 Å². The van der Waals surface area contributed by atoms with Crippen LogP contribution in [-0.2, 0) is 25.7 Å². The second kappa shape index (κ2) is 54.4. The molecule has 0 fully saturated rings. The van der Waals surface area contributed by atoms with Crippen LogP contribution in [0.5, 0.6) is 5.75 Å². The van der Waals surface area contributed by atoms with Gasteiger partial charge in [0, 0.05) is 0 Å². The van der Waals surface area contributed by atoms with Crippen LogP contribution in [0.2, 0.25) is 45.3 Å². The van der Waals surface area contributed by atoms with Gasteiger partial charge < -0.3 is 4.74 Å². The molecule has 19 heteroatoms. The van der Waals surface area contributed by atoms with Crippen molar-refractivity contribution in [3.8, 4) is 61.4 Å². The van der Waals surface area contributed by atoms with E-state index >= 15 is 0 Å². The molecule has 0 spiro atoms. The molecular formula is C97H126Cl12OSi6. The minimum absolute atomic E-state index is 0.683. The summed E-state index contributed by atoms with van der Waals surface area (Å²) in [4.78, 5) is 0. The molecule has 116 heavy (non-hydrogen) atoms. The van der Waals surface area contributed by atoms with Gasteiger partial charge in [0.1, 0.15) is 5.75 Å². The van der Waals surface area contributed by atoms with Gasteiger partial charge in [-0.05, 0) is 213 Å². The predicted octanol–water partition coefficient (Wildman–Crippen LogP) is 33.2. The average molecular weight is 1900 g/mol. The molecule has 0 aliphatic rings. The molecule has 0 aromatic heterocycles. The molecule has 0 amide bonds. The second-order valence-corrected chi connectivity index (χ2v) is 76.4. The average Bonchev–Trinajstić information content (AvgIpc) is 0.847. The zero-order chi connectivity index (χ0) is 85.2. The summed E-state index contributed by atoms with van der Waals surface area (Å²) in [6.45, 7) is 12.5. The smallest absolute Gasteiger partial charge is 0.277 e. The van der Waals surface area contributed by atoms with Crippen LogP contribution in [0.15, 0.2) is 243 Å². The van der Waals surface area contributed by atoms with Gasteiger partial charge in [-0.1, -0.05) is 368 Å². The maximum Gasteiger partial charge on any atom is 0.277 e. The highest BCUT2D eigenvalue weighted by Gasteiger charge is 2.28. The number of halogens is 12. The molecule has 0 aliphatic carbocycles. The summed E-state index contributed by atoms with van der Waals surface area (Å²) < 4.78 is 5.43. The van der Waals surface area contributed by atoms with Gasteiger partial charge in [0.15, 0.2) is 0 Å². The first kappa shape index (κ1) is 103. The van der Waals surface area contributed by atoms with Crippen LogP contribution in [0.25, 0.3) is 55.6 Å². The van der Waals surface area contributed by atoms with Crippen LogP contribution in [0, 0.1) is 0 Å². The fourth-order valence-electron chi connectivity index (χ4n) is 12.9. The van der Waals surface area contributed by atoms with Crippen molar-refractivity contribution in [3.63, 3.8) is 0 Å². The van der Waals surface area contributed by atoms with Crippen molar-refractivity contribution in [2.24, 2.45) is 0 Å². The number of unbranched alkanes of at least 4 members (excludes halogenated alkanes) is 14. The predicted molar refractivity (Wildman–Crippen MR) is 544 cm³/mol. The molecule has 0 unspecified atom stereocenters. The molecule has 0 saturated heterocycles. The van der Waals surface area contributed by atoms with Gasteiger partial charge in [-0.2, -0.15) is 0 Å². The molecule has 0 N–H and O–H groups in total. The molecule has 10 rings (SSSR count). The van der Waals surface area contributed by atoms with Gasteiger partial charge in [-0.25, -0.2) is 0 Å². The van der Waals surface area contributed by atoms with E-state index in [9.17, 15) is 0 Å². The van der Waals surface area contributed by atoms with Crippen molar-refractivity contribution in [2.45, 2.75) is 235 Å². The molecular weight excluding hydrogens is 1780 g/mol. The number of aryl methyl sites for hydroxylation is 4. The number of rotatable bonds is 36. The lowest BCUT2D eigenvalue weighted by Crippen LogP contribution is -2.32. The Balaban J connectivity index is 0.000000251. The first-order chi connectivity index (χ1) is 55.1. The van der Waals surface area contributed by atoms with Gasteiger partial charge in [-0.15, -0.1) is 133 Å². The van der Waals surface area contributed by atoms with E-state index in [0.29, 0.717) is 6.61 Å². The van der Waals surface area contributed by atoms with E-state index in [-0.39, 0.29) is 0 Å². The first-order valence-corrected chi connectivity index (χ1v) is 69.3. The molecule has 10 aromatic rings. The second-order valence-electron chi connectivity index (χ2n) is 30.8. The maximum absolute atomic E-state index is 6.30. The summed E-state index contributed by atoms with van der Waals surface area (Å²) in [6, 6.07) is 86.0. The zero-order valence-corrected chi connectivity index (χ0v) is 85.8. The largest absolute Gasteiger partial charge is 0.494 e. The quantitative estimate of drug-likeness (QED) is 0.0216. The summed E-state index contributed by atoms with van der Waals surface area (Å²) >= 11 is 74.3. The van der Waals surface area contributed by atoms with Crippen molar-refractivity contribution in [3.05, 3.63) is 265 Å². The van der Waals surface area contributed by atoms with E-state index in [0.717, 1.165) is 61.7 Å². The summed E-state index contributed by atoms with van der Waals surface area (Å²) in [5.74, 6) is 0.893. The van der Waals surface area contributed by atoms with Crippen molar-refractivity contribution < 1.29 is 4.74 Å². The van der Waals surface area contributed by atoms with Crippen LogP contribution in [0.4, 0.5) is 0 Å². The minimum Gasteiger partial charge on any atom is -0.494 e. The molecule has 0 radical (unpaired) electrons. The third kappa shape index (κ3) is 41.3. The first-order valence-electron chi connectivity index (χ1n) is 42.0. The Labute approximate surface area is 763 Å². The highest BCUT2D eigenvalue weighted by atomic mass is 35.7. The van der Waals surface area contributed by atoms with E-state index in [1.165, 1.54) is 202 Å². The van der Waals surface area contributed by atoms with Gasteiger partial charge in [0.25, 0.3) is 33.5 Å². The third-order valence-corrected chi connectivity index (χ3v) is 35.7. The Morgan fingerprint density at radius 3 is 0.638 bits per heavy atom. The Hall–Kier alpha value is -3.22. The SMILES string of the molecule is CCCCCCCCCC[Si](C)(Cl)Cl.CCCCCCCc1ccc([Si](C)(Cl)Cl)cc1.CCCCCc1ccc(-c2ccc(-c3ccc([Si](C)(Cl)Cl)cc3)cc2)cc1.CCCCc1ccc(-c2ccc([Si](C)(Cl)Cl)cc2)cc1.CCCc1ccc(-c2ccc([Si](C)(Cl)Cl)cc2)cc1.CCOc1ccc(-c2ccc([Si](C)(Cl)Cl)cc2)cc1. The van der Waals surface area contributed by atoms with Gasteiger partial charge in [0.2, 0.25) is 6.69 Å². The van der Waals surface area contributed by atoms with E-state index in [1.807, 2.05) is 107 Å². The normalized spacial score (nSPS) is 11.6. The lowest BCUT2D eigenvalue weighted by Gasteiger charge is -2.11. The van der Waals surface area contributed by atoms with Crippen LogP contribution >= 0.6 is 133 Å². The van der Waals surface area contributed by atoms with E-state index in [2.05, 4.69) is 217 Å². The fraction of sp³-hybridized carbons (Fsp3) is 0.381. The molecule has 0 bridgehead atoms. The highest BCUT2D eigenvalue weighted by Crippen LogP contribution is 2.30. The molecule has 628 valence electrons. The Kier molecular flexibility index (Phi) is 48.5. The third-order valence-electron chi connectivity index (χ3n) is 20.1. The van der Waals surface area contributed by atoms with Crippen molar-refractivity contribution in [1.82, 2.24) is 0 Å². The van der Waals surface area contributed by atoms with Gasteiger partial charge in [-0.3, -0.25) is 0 Å². The minimum atomic E-state index is -2.28. The van der Waals surface area contributed by atoms with Crippen LogP contribution < -0.4 is 30.7 Å². The zero-order valence-electron chi connectivity index (χ0n) is 70.7. The summed E-state index contributed by atoms with van der Waals surface area (Å²) in [5.41, 5.74) is 17.7. The van der Waals surface area contributed by atoms with Crippen LogP contribution in [0.3, 0.4) is 0 Å². The van der Waals surface area contributed by atoms with E-state index in [4.69, 9.17) is 138 Å². The Bertz CT molecular complexity index is 4150. The topological polar surface area (TPSA) is 9.23 Å². The number of benzene rings is 10. The summed E-state index contributed by atoms with van der Waals surface area (Å²) in [7, 11) is 0. The molecule has 0 heterocycles. The molecule has 0 aliphatic heterocycles. The fourth-order valence-corrected chi connectivity index (χ4v) is 22.1. The van der Waals surface area contributed by atoms with Gasteiger partial charge in [0.05, 0.1) is 6.61 Å². The Morgan fingerprint density at radius 2 is 0.388 bits per heavy atom. The van der Waals surface area contributed by atoms with Crippen LogP contribution in [-0.4, -0.2) is 46.8 Å². The number of hydrogen-bond donors (Lipinski definition) is 0. The summed E-state index contributed by atoms with van der Waals surface area (Å²) in [5, 5.41) is 5.30. The maximum atomic E-state index is 6.30. The Morgan fingerprint density at radius 1 is 0.198 bits per heavy atom. The number of ether oxygens (including phenoxy) is 1. The lowest BCUT2D eigenvalue weighted by molar-refractivity contribution is 0.340. The number of hydrogen-bond acceptors (Lipinski definition) is 1. The molecule has 0 atom stereocenters. The molecule has 10 aromatic carbocycles. The lowest BCUT2D eigenvalue weighted by atomic mass is 9.98. The highest BCUT2D eigenvalue weighted by molar-refractivity contribution is 7.52. The molecule has 0 saturated carbocycles. The van der Waals surface area contributed by atoms with Crippen molar-refractivity contribution in [1.29, 1.82) is 0 Å². The monoisotopic (exact) mass is 1890 g/mol. The van der Waals surface area contributed by atoms with Crippen LogP contribution in [0.1, 0.15) is 186 Å². The molecule has 1 nitrogen and oxygen atoms in total. The van der Waals surface area contributed by atoms with Crippen molar-refractivity contribution >= 4 is 199 Å².